The van der Waals surface area contributed by atoms with Crippen LogP contribution in [0.25, 0.3) is 0 Å². The first kappa shape index (κ1) is 14.5. The lowest BCUT2D eigenvalue weighted by Crippen LogP contribution is -2.25. The molecule has 1 amide bonds. The Hall–Kier alpha value is -1.55. The summed E-state index contributed by atoms with van der Waals surface area (Å²) in [5.74, 6) is -0.230. The number of benzene rings is 1. The van der Waals surface area contributed by atoms with Crippen molar-refractivity contribution in [2.24, 2.45) is 0 Å². The third-order valence-electron chi connectivity index (χ3n) is 2.50. The fourth-order valence-electron chi connectivity index (χ4n) is 1.55. The van der Waals surface area contributed by atoms with Crippen molar-refractivity contribution in [2.75, 3.05) is 19.8 Å². The van der Waals surface area contributed by atoms with E-state index >= 15 is 0 Å². The Bertz CT molecular complexity index is 391. The second kappa shape index (κ2) is 7.71. The molecule has 100 valence electrons. The summed E-state index contributed by atoms with van der Waals surface area (Å²) in [6, 6.07) is 4.98. The molecule has 0 radical (unpaired) electrons. The maximum atomic E-state index is 11.8. The number of rotatable bonds is 7. The molecule has 0 saturated heterocycles. The molecule has 0 aliphatic carbocycles. The summed E-state index contributed by atoms with van der Waals surface area (Å²) in [7, 11) is 0. The molecule has 1 aromatic carbocycles. The molecule has 0 unspecified atom stereocenters. The number of aryl methyl sites for hydroxylation is 1. The van der Waals surface area contributed by atoms with E-state index in [1.807, 2.05) is 6.92 Å². The molecule has 0 aromatic heterocycles. The molecule has 1 rings (SSSR count). The molecule has 2 N–H and O–H groups in total. The molecule has 0 spiro atoms. The third kappa shape index (κ3) is 4.75. The Labute approximate surface area is 108 Å². The van der Waals surface area contributed by atoms with Gasteiger partial charge in [-0.05, 0) is 31.9 Å². The van der Waals surface area contributed by atoms with Crippen LogP contribution in [0.3, 0.4) is 0 Å². The number of aromatic hydroxyl groups is 1. The lowest BCUT2D eigenvalue weighted by Gasteiger charge is -2.07. The quantitative estimate of drug-likeness (QED) is 0.731. The Morgan fingerprint density at radius 1 is 1.39 bits per heavy atom. The van der Waals surface area contributed by atoms with Gasteiger partial charge in [-0.1, -0.05) is 18.6 Å². The van der Waals surface area contributed by atoms with Gasteiger partial charge in [-0.2, -0.15) is 0 Å². The van der Waals surface area contributed by atoms with Gasteiger partial charge in [0.05, 0.1) is 5.56 Å². The second-order valence-corrected chi connectivity index (χ2v) is 4.24. The van der Waals surface area contributed by atoms with Crippen molar-refractivity contribution in [2.45, 2.75) is 26.7 Å². The zero-order valence-electron chi connectivity index (χ0n) is 11.0. The predicted molar refractivity (Wildman–Crippen MR) is 70.9 cm³/mol. The summed E-state index contributed by atoms with van der Waals surface area (Å²) in [4.78, 5) is 11.8. The maximum absolute atomic E-state index is 11.8. The van der Waals surface area contributed by atoms with Gasteiger partial charge in [0.1, 0.15) is 5.75 Å². The van der Waals surface area contributed by atoms with Crippen molar-refractivity contribution in [3.05, 3.63) is 29.3 Å². The van der Waals surface area contributed by atoms with E-state index in [0.717, 1.165) is 25.0 Å². The highest BCUT2D eigenvalue weighted by Gasteiger charge is 2.10. The largest absolute Gasteiger partial charge is 0.507 e. The minimum atomic E-state index is -0.244. The van der Waals surface area contributed by atoms with Gasteiger partial charge in [-0.25, -0.2) is 0 Å². The van der Waals surface area contributed by atoms with E-state index in [4.69, 9.17) is 4.74 Å². The standard InChI is InChI=1S/C14H21NO3/c1-3-8-18-9-4-7-15-14(17)12-10-11(2)5-6-13(12)16/h5-6,10,16H,3-4,7-9H2,1-2H3,(H,15,17). The molecule has 0 fully saturated rings. The monoisotopic (exact) mass is 251 g/mol. The van der Waals surface area contributed by atoms with Crippen LogP contribution in [0, 0.1) is 6.92 Å². The van der Waals surface area contributed by atoms with Gasteiger partial charge in [0, 0.05) is 19.8 Å². The average Bonchev–Trinajstić information content (AvgIpc) is 2.36. The molecule has 4 nitrogen and oxygen atoms in total. The highest BCUT2D eigenvalue weighted by Crippen LogP contribution is 2.17. The molecule has 0 atom stereocenters. The van der Waals surface area contributed by atoms with E-state index in [2.05, 4.69) is 12.2 Å². The van der Waals surface area contributed by atoms with Crippen LogP contribution in [-0.2, 0) is 4.74 Å². The fraction of sp³-hybridized carbons (Fsp3) is 0.500. The second-order valence-electron chi connectivity index (χ2n) is 4.24. The predicted octanol–water partition coefficient (Wildman–Crippen LogP) is 2.25. The normalized spacial score (nSPS) is 10.3. The van der Waals surface area contributed by atoms with E-state index in [1.165, 1.54) is 6.07 Å². The van der Waals surface area contributed by atoms with Gasteiger partial charge in [-0.3, -0.25) is 4.79 Å². The van der Waals surface area contributed by atoms with Crippen LogP contribution in [0.4, 0.5) is 0 Å². The summed E-state index contributed by atoms with van der Waals surface area (Å²) in [5.41, 5.74) is 1.27. The summed E-state index contributed by atoms with van der Waals surface area (Å²) in [6.07, 6.45) is 1.78. The number of carbonyl (C=O) groups excluding carboxylic acids is 1. The van der Waals surface area contributed by atoms with Crippen LogP contribution < -0.4 is 5.32 Å². The number of hydrogen-bond acceptors (Lipinski definition) is 3. The van der Waals surface area contributed by atoms with Crippen LogP contribution in [0.15, 0.2) is 18.2 Å². The zero-order chi connectivity index (χ0) is 13.4. The lowest BCUT2D eigenvalue weighted by atomic mass is 10.1. The van der Waals surface area contributed by atoms with Gasteiger partial charge in [-0.15, -0.1) is 0 Å². The minimum absolute atomic E-state index is 0.0142. The Morgan fingerprint density at radius 3 is 2.89 bits per heavy atom. The summed E-state index contributed by atoms with van der Waals surface area (Å²) in [5, 5.41) is 12.4. The number of hydrogen-bond donors (Lipinski definition) is 2. The molecule has 0 heterocycles. The smallest absolute Gasteiger partial charge is 0.255 e. The molecular weight excluding hydrogens is 230 g/mol. The van der Waals surface area contributed by atoms with Gasteiger partial charge >= 0.3 is 0 Å². The molecule has 0 bridgehead atoms. The Kier molecular flexibility index (Phi) is 6.22. The Morgan fingerprint density at radius 2 is 2.17 bits per heavy atom. The van der Waals surface area contributed by atoms with Crippen LogP contribution in [-0.4, -0.2) is 30.8 Å². The van der Waals surface area contributed by atoms with Crippen LogP contribution in [0.1, 0.15) is 35.7 Å². The van der Waals surface area contributed by atoms with Crippen LogP contribution in [0.2, 0.25) is 0 Å². The van der Waals surface area contributed by atoms with Gasteiger partial charge in [0.2, 0.25) is 0 Å². The van der Waals surface area contributed by atoms with Gasteiger partial charge in [0.25, 0.3) is 5.91 Å². The molecular formula is C14H21NO3. The molecule has 18 heavy (non-hydrogen) atoms. The first-order chi connectivity index (χ1) is 8.65. The number of nitrogens with one attached hydrogen (secondary N) is 1. The Balaban J connectivity index is 2.34. The first-order valence-electron chi connectivity index (χ1n) is 6.30. The van der Waals surface area contributed by atoms with Crippen molar-refractivity contribution in [1.82, 2.24) is 5.32 Å². The molecule has 0 aliphatic rings. The lowest BCUT2D eigenvalue weighted by molar-refractivity contribution is 0.0938. The van der Waals surface area contributed by atoms with Gasteiger partial charge < -0.3 is 15.2 Å². The van der Waals surface area contributed by atoms with Gasteiger partial charge in [0.15, 0.2) is 0 Å². The first-order valence-corrected chi connectivity index (χ1v) is 6.30. The number of phenolic OH excluding ortho intramolecular Hbond substituents is 1. The fourth-order valence-corrected chi connectivity index (χ4v) is 1.55. The van der Waals surface area contributed by atoms with Crippen LogP contribution in [0.5, 0.6) is 5.75 Å². The van der Waals surface area contributed by atoms with Crippen molar-refractivity contribution in [1.29, 1.82) is 0 Å². The van der Waals surface area contributed by atoms with Crippen molar-refractivity contribution < 1.29 is 14.6 Å². The van der Waals surface area contributed by atoms with Crippen LogP contribution >= 0.6 is 0 Å². The number of phenols is 1. The topological polar surface area (TPSA) is 58.6 Å². The van der Waals surface area contributed by atoms with E-state index in [9.17, 15) is 9.90 Å². The SMILES string of the molecule is CCCOCCCNC(=O)c1cc(C)ccc1O. The van der Waals surface area contributed by atoms with Crippen molar-refractivity contribution >= 4 is 5.91 Å². The highest BCUT2D eigenvalue weighted by atomic mass is 16.5. The summed E-state index contributed by atoms with van der Waals surface area (Å²) >= 11 is 0. The zero-order valence-corrected chi connectivity index (χ0v) is 11.0. The molecule has 1 aromatic rings. The van der Waals surface area contributed by atoms with Crippen molar-refractivity contribution in [3.8, 4) is 5.75 Å². The maximum Gasteiger partial charge on any atom is 0.255 e. The van der Waals surface area contributed by atoms with Crippen molar-refractivity contribution in [3.63, 3.8) is 0 Å². The highest BCUT2D eigenvalue weighted by molar-refractivity contribution is 5.96. The van der Waals surface area contributed by atoms with E-state index in [-0.39, 0.29) is 11.7 Å². The van der Waals surface area contributed by atoms with E-state index in [0.29, 0.717) is 18.7 Å². The average molecular weight is 251 g/mol. The third-order valence-corrected chi connectivity index (χ3v) is 2.50. The minimum Gasteiger partial charge on any atom is -0.507 e. The molecule has 0 saturated carbocycles. The molecule has 0 aliphatic heterocycles. The number of carbonyl (C=O) groups is 1. The number of amides is 1. The number of ether oxygens (including phenoxy) is 1. The summed E-state index contributed by atoms with van der Waals surface area (Å²) in [6.45, 7) is 5.90. The van der Waals surface area contributed by atoms with E-state index in [1.54, 1.807) is 12.1 Å². The molecule has 4 heteroatoms. The summed E-state index contributed by atoms with van der Waals surface area (Å²) < 4.78 is 5.31. The van der Waals surface area contributed by atoms with E-state index < -0.39 is 0 Å².